The highest BCUT2D eigenvalue weighted by atomic mass is 16.5. The van der Waals surface area contributed by atoms with Crippen molar-refractivity contribution < 1.29 is 4.74 Å². The Morgan fingerprint density at radius 3 is 2.95 bits per heavy atom. The predicted octanol–water partition coefficient (Wildman–Crippen LogP) is 1.81. The van der Waals surface area contributed by atoms with E-state index in [-0.39, 0.29) is 0 Å². The van der Waals surface area contributed by atoms with Crippen LogP contribution in [-0.4, -0.2) is 44.6 Å². The Labute approximate surface area is 130 Å². The Bertz CT molecular complexity index is 733. The van der Waals surface area contributed by atoms with E-state index in [9.17, 15) is 0 Å². The maximum atomic E-state index is 5.13. The molecule has 0 amide bonds. The first-order chi connectivity index (χ1) is 10.8. The van der Waals surface area contributed by atoms with E-state index in [0.717, 1.165) is 31.1 Å². The minimum atomic E-state index is 0.695. The van der Waals surface area contributed by atoms with Crippen molar-refractivity contribution in [2.24, 2.45) is 0 Å². The lowest BCUT2D eigenvalue weighted by Crippen LogP contribution is -2.21. The molecular weight excluding hydrogens is 278 g/mol. The Morgan fingerprint density at radius 1 is 1.18 bits per heavy atom. The third-order valence-electron chi connectivity index (χ3n) is 3.67. The van der Waals surface area contributed by atoms with Crippen LogP contribution in [0, 0.1) is 0 Å². The molecule has 0 unspecified atom stereocenters. The molecule has 0 saturated carbocycles. The zero-order chi connectivity index (χ0) is 15.4. The molecule has 6 heteroatoms. The van der Waals surface area contributed by atoms with Crippen molar-refractivity contribution >= 4 is 5.65 Å². The van der Waals surface area contributed by atoms with E-state index in [1.807, 2.05) is 43.0 Å². The van der Waals surface area contributed by atoms with Gasteiger partial charge in [0.05, 0.1) is 25.0 Å². The normalized spacial score (nSPS) is 11.6. The maximum absolute atomic E-state index is 5.13. The molecule has 0 atom stereocenters. The number of ether oxygens (including phenoxy) is 1. The van der Waals surface area contributed by atoms with Crippen LogP contribution in [0.3, 0.4) is 0 Å². The van der Waals surface area contributed by atoms with Crippen LogP contribution >= 0.6 is 0 Å². The Morgan fingerprint density at radius 2 is 2.09 bits per heavy atom. The van der Waals surface area contributed by atoms with Gasteiger partial charge in [0.2, 0.25) is 0 Å². The van der Waals surface area contributed by atoms with E-state index in [2.05, 4.69) is 30.9 Å². The largest absolute Gasteiger partial charge is 0.383 e. The van der Waals surface area contributed by atoms with Crippen molar-refractivity contribution in [1.29, 1.82) is 0 Å². The van der Waals surface area contributed by atoms with Gasteiger partial charge in [0.1, 0.15) is 11.5 Å². The summed E-state index contributed by atoms with van der Waals surface area (Å²) in [4.78, 5) is 11.1. The van der Waals surface area contributed by atoms with Gasteiger partial charge in [-0.2, -0.15) is 0 Å². The standard InChI is InChI=1S/C16H21N5O/c1-19(13-16-17-6-8-20(16)9-10-22-2)12-14-11-18-15-5-3-4-7-21(14)15/h3-8,11H,9-10,12-13H2,1-2H3. The quantitative estimate of drug-likeness (QED) is 0.667. The molecule has 3 aromatic rings. The molecule has 0 fully saturated rings. The second kappa shape index (κ2) is 6.72. The first kappa shape index (κ1) is 14.7. The first-order valence-electron chi connectivity index (χ1n) is 7.36. The summed E-state index contributed by atoms with van der Waals surface area (Å²) in [5.74, 6) is 1.05. The summed E-state index contributed by atoms with van der Waals surface area (Å²) >= 11 is 0. The summed E-state index contributed by atoms with van der Waals surface area (Å²) in [5.41, 5.74) is 2.15. The number of hydrogen-bond donors (Lipinski definition) is 0. The fraction of sp³-hybridized carbons (Fsp3) is 0.375. The van der Waals surface area contributed by atoms with Crippen LogP contribution in [0.15, 0.2) is 43.0 Å². The second-order valence-electron chi connectivity index (χ2n) is 5.38. The Balaban J connectivity index is 1.67. The highest BCUT2D eigenvalue weighted by Gasteiger charge is 2.09. The van der Waals surface area contributed by atoms with Crippen molar-refractivity contribution in [2.45, 2.75) is 19.6 Å². The fourth-order valence-corrected chi connectivity index (χ4v) is 2.56. The molecule has 0 saturated heterocycles. The molecule has 0 spiro atoms. The molecule has 0 aliphatic carbocycles. The van der Waals surface area contributed by atoms with Crippen LogP contribution in [0.4, 0.5) is 0 Å². The number of pyridine rings is 1. The highest BCUT2D eigenvalue weighted by molar-refractivity contribution is 5.39. The van der Waals surface area contributed by atoms with Gasteiger partial charge in [-0.3, -0.25) is 4.90 Å². The molecule has 0 radical (unpaired) electrons. The molecule has 22 heavy (non-hydrogen) atoms. The summed E-state index contributed by atoms with van der Waals surface area (Å²) in [6.07, 6.45) is 7.82. The van der Waals surface area contributed by atoms with Crippen molar-refractivity contribution in [3.05, 3.63) is 54.5 Å². The number of aromatic nitrogens is 4. The van der Waals surface area contributed by atoms with E-state index in [4.69, 9.17) is 4.74 Å². The lowest BCUT2D eigenvalue weighted by molar-refractivity contribution is 0.184. The number of hydrogen-bond acceptors (Lipinski definition) is 4. The summed E-state index contributed by atoms with van der Waals surface area (Å²) < 4.78 is 9.39. The van der Waals surface area contributed by atoms with Gasteiger partial charge in [0.15, 0.2) is 0 Å². The predicted molar refractivity (Wildman–Crippen MR) is 84.5 cm³/mol. The third kappa shape index (κ3) is 3.18. The van der Waals surface area contributed by atoms with Crippen molar-refractivity contribution in [3.8, 4) is 0 Å². The zero-order valence-corrected chi connectivity index (χ0v) is 13.0. The van der Waals surface area contributed by atoms with Gasteiger partial charge in [0.25, 0.3) is 0 Å². The van der Waals surface area contributed by atoms with E-state index < -0.39 is 0 Å². The minimum Gasteiger partial charge on any atom is -0.383 e. The molecular formula is C16H21N5O. The van der Waals surface area contributed by atoms with Gasteiger partial charge < -0.3 is 13.7 Å². The molecule has 0 aliphatic rings. The highest BCUT2D eigenvalue weighted by Crippen LogP contribution is 2.10. The Kier molecular flexibility index (Phi) is 4.50. The monoisotopic (exact) mass is 299 g/mol. The molecule has 3 rings (SSSR count). The van der Waals surface area contributed by atoms with E-state index in [1.165, 1.54) is 5.69 Å². The zero-order valence-electron chi connectivity index (χ0n) is 13.0. The summed E-state index contributed by atoms with van der Waals surface area (Å²) in [6.45, 7) is 3.13. The lowest BCUT2D eigenvalue weighted by atomic mass is 10.4. The molecule has 0 bridgehead atoms. The molecule has 3 heterocycles. The number of fused-ring (bicyclic) bond motifs is 1. The molecule has 0 aromatic carbocycles. The minimum absolute atomic E-state index is 0.695. The number of nitrogens with zero attached hydrogens (tertiary/aromatic N) is 5. The van der Waals surface area contributed by atoms with Crippen LogP contribution in [0.1, 0.15) is 11.5 Å². The summed E-state index contributed by atoms with van der Waals surface area (Å²) in [7, 11) is 3.81. The van der Waals surface area contributed by atoms with E-state index in [1.54, 1.807) is 7.11 Å². The van der Waals surface area contributed by atoms with Gasteiger partial charge >= 0.3 is 0 Å². The smallest absolute Gasteiger partial charge is 0.136 e. The third-order valence-corrected chi connectivity index (χ3v) is 3.67. The number of methoxy groups -OCH3 is 1. The first-order valence-corrected chi connectivity index (χ1v) is 7.36. The SMILES string of the molecule is COCCn1ccnc1CN(C)Cc1cnc2ccccn12. The topological polar surface area (TPSA) is 47.6 Å². The van der Waals surface area contributed by atoms with Crippen LogP contribution in [0.2, 0.25) is 0 Å². The van der Waals surface area contributed by atoms with Crippen molar-refractivity contribution in [3.63, 3.8) is 0 Å². The molecule has 0 N–H and O–H groups in total. The van der Waals surface area contributed by atoms with Crippen LogP contribution in [0.5, 0.6) is 0 Å². The van der Waals surface area contributed by atoms with Gasteiger partial charge in [-0.25, -0.2) is 9.97 Å². The molecule has 116 valence electrons. The number of rotatable bonds is 7. The van der Waals surface area contributed by atoms with Crippen LogP contribution in [0.25, 0.3) is 5.65 Å². The summed E-state index contributed by atoms with van der Waals surface area (Å²) in [5, 5.41) is 0. The van der Waals surface area contributed by atoms with Gasteiger partial charge in [0, 0.05) is 38.8 Å². The van der Waals surface area contributed by atoms with Crippen LogP contribution in [-0.2, 0) is 24.4 Å². The average Bonchev–Trinajstić information content (AvgIpc) is 3.13. The fourth-order valence-electron chi connectivity index (χ4n) is 2.56. The molecule has 6 nitrogen and oxygen atoms in total. The lowest BCUT2D eigenvalue weighted by Gasteiger charge is -2.17. The van der Waals surface area contributed by atoms with Gasteiger partial charge in [-0.1, -0.05) is 6.07 Å². The Hall–Kier alpha value is -2.18. The molecule has 0 aliphatic heterocycles. The van der Waals surface area contributed by atoms with Crippen molar-refractivity contribution in [2.75, 3.05) is 20.8 Å². The van der Waals surface area contributed by atoms with Crippen LogP contribution < -0.4 is 0 Å². The average molecular weight is 299 g/mol. The van der Waals surface area contributed by atoms with E-state index in [0.29, 0.717) is 6.61 Å². The maximum Gasteiger partial charge on any atom is 0.136 e. The second-order valence-corrected chi connectivity index (χ2v) is 5.38. The molecule has 3 aromatic heterocycles. The number of imidazole rings is 2. The van der Waals surface area contributed by atoms with Crippen molar-refractivity contribution in [1.82, 2.24) is 23.8 Å². The van der Waals surface area contributed by atoms with E-state index >= 15 is 0 Å². The van der Waals surface area contributed by atoms with Gasteiger partial charge in [-0.15, -0.1) is 0 Å². The summed E-state index contributed by atoms with van der Waals surface area (Å²) in [6, 6.07) is 6.04. The van der Waals surface area contributed by atoms with Gasteiger partial charge in [-0.05, 0) is 19.2 Å².